The molecule has 1 unspecified atom stereocenters. The van der Waals surface area contributed by atoms with E-state index in [1.807, 2.05) is 18.2 Å². The molecule has 5 nitrogen and oxygen atoms in total. The van der Waals surface area contributed by atoms with Crippen molar-refractivity contribution in [1.82, 2.24) is 10.2 Å². The minimum absolute atomic E-state index is 0.0574. The van der Waals surface area contributed by atoms with Gasteiger partial charge in [0.15, 0.2) is 6.67 Å². The van der Waals surface area contributed by atoms with Crippen LogP contribution >= 0.6 is 22.9 Å². The molecule has 1 aromatic heterocycles. The van der Waals surface area contributed by atoms with Crippen LogP contribution in [-0.2, 0) is 11.3 Å². The molecule has 24 heavy (non-hydrogen) atoms. The van der Waals surface area contributed by atoms with Crippen LogP contribution in [0.4, 0.5) is 4.79 Å². The summed E-state index contributed by atoms with van der Waals surface area (Å²) in [5.41, 5.74) is -0.652. The molecule has 7 heteroatoms. The molecule has 2 N–H and O–H groups in total. The van der Waals surface area contributed by atoms with Crippen LogP contribution in [0.1, 0.15) is 37.0 Å². The molecule has 1 aliphatic carbocycles. The maximum Gasteiger partial charge on any atom is 0.329 e. The van der Waals surface area contributed by atoms with Gasteiger partial charge in [-0.05, 0) is 31.1 Å². The van der Waals surface area contributed by atoms with Gasteiger partial charge in [-0.1, -0.05) is 37.4 Å². The smallest absolute Gasteiger partial charge is 0.323 e. The van der Waals surface area contributed by atoms with Gasteiger partial charge in [-0.2, -0.15) is 0 Å². The first-order valence-corrected chi connectivity index (χ1v) is 9.56. The minimum Gasteiger partial charge on any atom is -0.323 e. The highest BCUT2D eigenvalue weighted by Crippen LogP contribution is 2.33. The number of amides is 3. The third-order valence-electron chi connectivity index (χ3n) is 4.82. The van der Waals surface area contributed by atoms with Crippen LogP contribution in [0.3, 0.4) is 0 Å². The first-order chi connectivity index (χ1) is 11.5. The number of nitrogens with zero attached hydrogens (tertiary/aromatic N) is 1. The lowest BCUT2D eigenvalue weighted by molar-refractivity contribution is -0.915. The maximum atomic E-state index is 12.9. The van der Waals surface area contributed by atoms with E-state index in [-0.39, 0.29) is 11.9 Å². The summed E-state index contributed by atoms with van der Waals surface area (Å²) in [4.78, 5) is 28.9. The van der Waals surface area contributed by atoms with Crippen molar-refractivity contribution < 1.29 is 14.5 Å². The monoisotopic (exact) mass is 368 g/mol. The molecule has 2 fully saturated rings. The van der Waals surface area contributed by atoms with E-state index in [0.29, 0.717) is 19.8 Å². The Morgan fingerprint density at radius 2 is 2.08 bits per heavy atom. The topological polar surface area (TPSA) is 53.9 Å². The number of quaternary nitrogens is 1. The summed E-state index contributed by atoms with van der Waals surface area (Å²) in [5, 5.41) is 2.96. The second-order valence-corrected chi connectivity index (χ2v) is 8.39. The number of nitrogens with one attached hydrogen (secondary N) is 2. The number of hydrogen-bond donors (Lipinski definition) is 2. The lowest BCUT2D eigenvalue weighted by Crippen LogP contribution is -3.12. The van der Waals surface area contributed by atoms with Crippen LogP contribution in [0.5, 0.6) is 0 Å². The second-order valence-electron chi connectivity index (χ2n) is 6.59. The molecule has 130 valence electrons. The molecular weight excluding hydrogens is 346 g/mol. The predicted octanol–water partition coefficient (Wildman–Crippen LogP) is 2.18. The Morgan fingerprint density at radius 3 is 2.71 bits per heavy atom. The third kappa shape index (κ3) is 3.50. The number of carbonyl (C=O) groups is 2. The van der Waals surface area contributed by atoms with Gasteiger partial charge in [-0.3, -0.25) is 4.79 Å². The van der Waals surface area contributed by atoms with E-state index in [0.717, 1.165) is 46.2 Å². The maximum absolute atomic E-state index is 12.9. The number of thiophene rings is 1. The normalized spacial score (nSPS) is 21.1. The summed E-state index contributed by atoms with van der Waals surface area (Å²) in [6.45, 7) is 5.55. The molecule has 1 atom stereocenters. The quantitative estimate of drug-likeness (QED) is 0.597. The number of rotatable bonds is 6. The number of imide groups is 1. The summed E-state index contributed by atoms with van der Waals surface area (Å²) in [7, 11) is 0. The van der Waals surface area contributed by atoms with Crippen molar-refractivity contribution in [2.75, 3.05) is 13.2 Å². The van der Waals surface area contributed by atoms with Gasteiger partial charge in [0.05, 0.1) is 15.8 Å². The Kier molecular flexibility index (Phi) is 5.27. The standard InChI is InChI=1S/C17H22ClN3O2S/c1-2-10-20(11-13-6-7-14(18)24-13)12-21-15(22)17(19-16(21)23)8-4-3-5-9-17/h2,6-7H,1,3-5,8-12H2,(H,19,23)/p+1. The Balaban J connectivity index is 1.70. The van der Waals surface area contributed by atoms with E-state index in [2.05, 4.69) is 11.9 Å². The summed E-state index contributed by atoms with van der Waals surface area (Å²) in [6.07, 6.45) is 6.46. The fraction of sp³-hybridized carbons (Fsp3) is 0.529. The van der Waals surface area contributed by atoms with Gasteiger partial charge in [0.2, 0.25) is 0 Å². The number of hydrogen-bond acceptors (Lipinski definition) is 3. The molecule has 1 saturated heterocycles. The molecule has 3 rings (SSSR count). The van der Waals surface area contributed by atoms with Gasteiger partial charge in [0.25, 0.3) is 5.91 Å². The Labute approximate surface area is 151 Å². The van der Waals surface area contributed by atoms with Crippen LogP contribution in [0.25, 0.3) is 0 Å². The van der Waals surface area contributed by atoms with E-state index in [1.54, 1.807) is 0 Å². The highest BCUT2D eigenvalue weighted by atomic mass is 35.5. The fourth-order valence-electron chi connectivity index (χ4n) is 3.63. The summed E-state index contributed by atoms with van der Waals surface area (Å²) in [6, 6.07) is 3.61. The van der Waals surface area contributed by atoms with Crippen molar-refractivity contribution in [3.8, 4) is 0 Å². The van der Waals surface area contributed by atoms with Gasteiger partial charge in [-0.25, -0.2) is 9.69 Å². The Hall–Kier alpha value is -1.37. The van der Waals surface area contributed by atoms with Gasteiger partial charge in [0.1, 0.15) is 12.1 Å². The molecule has 1 aromatic rings. The first-order valence-electron chi connectivity index (χ1n) is 8.37. The highest BCUT2D eigenvalue weighted by Gasteiger charge is 2.52. The van der Waals surface area contributed by atoms with Crippen LogP contribution in [0, 0.1) is 0 Å². The molecule has 1 saturated carbocycles. The number of urea groups is 1. The first kappa shape index (κ1) is 17.5. The third-order valence-corrected chi connectivity index (χ3v) is 6.05. The zero-order valence-corrected chi connectivity index (χ0v) is 15.2. The molecule has 0 aromatic carbocycles. The summed E-state index contributed by atoms with van der Waals surface area (Å²) >= 11 is 7.52. The second kappa shape index (κ2) is 7.25. The molecule has 0 bridgehead atoms. The minimum atomic E-state index is -0.652. The van der Waals surface area contributed by atoms with Crippen molar-refractivity contribution >= 4 is 34.9 Å². The van der Waals surface area contributed by atoms with Gasteiger partial charge < -0.3 is 10.2 Å². The zero-order chi connectivity index (χ0) is 17.2. The van der Waals surface area contributed by atoms with Crippen molar-refractivity contribution in [2.45, 2.75) is 44.2 Å². The number of carbonyl (C=O) groups excluding carboxylic acids is 2. The lowest BCUT2D eigenvalue weighted by Gasteiger charge is -2.30. The zero-order valence-electron chi connectivity index (χ0n) is 13.6. The van der Waals surface area contributed by atoms with Crippen molar-refractivity contribution in [3.05, 3.63) is 34.0 Å². The molecule has 2 aliphatic rings. The van der Waals surface area contributed by atoms with E-state index in [1.165, 1.54) is 16.2 Å². The molecular formula is C17H23ClN3O2S+. The average molecular weight is 369 g/mol. The van der Waals surface area contributed by atoms with E-state index >= 15 is 0 Å². The van der Waals surface area contributed by atoms with E-state index in [4.69, 9.17) is 11.6 Å². The average Bonchev–Trinajstić information content (AvgIpc) is 3.05. The van der Waals surface area contributed by atoms with Crippen molar-refractivity contribution in [2.24, 2.45) is 0 Å². The molecule has 1 aliphatic heterocycles. The lowest BCUT2D eigenvalue weighted by atomic mass is 9.82. The summed E-state index contributed by atoms with van der Waals surface area (Å²) < 4.78 is 0.749. The Bertz CT molecular complexity index is 640. The van der Waals surface area contributed by atoms with Crippen molar-refractivity contribution in [3.63, 3.8) is 0 Å². The van der Waals surface area contributed by atoms with Crippen molar-refractivity contribution in [1.29, 1.82) is 0 Å². The van der Waals surface area contributed by atoms with E-state index in [9.17, 15) is 9.59 Å². The van der Waals surface area contributed by atoms with Crippen LogP contribution in [0.15, 0.2) is 24.8 Å². The van der Waals surface area contributed by atoms with Crippen LogP contribution < -0.4 is 10.2 Å². The van der Waals surface area contributed by atoms with Crippen LogP contribution in [0.2, 0.25) is 4.34 Å². The van der Waals surface area contributed by atoms with Gasteiger partial charge in [0, 0.05) is 0 Å². The van der Waals surface area contributed by atoms with Crippen LogP contribution in [-0.4, -0.2) is 35.6 Å². The van der Waals surface area contributed by atoms with E-state index < -0.39 is 5.54 Å². The van der Waals surface area contributed by atoms with Gasteiger partial charge in [-0.15, -0.1) is 11.3 Å². The highest BCUT2D eigenvalue weighted by molar-refractivity contribution is 7.16. The predicted molar refractivity (Wildman–Crippen MR) is 95.1 cm³/mol. The SMILES string of the molecule is C=CC[NH+](Cc1ccc(Cl)s1)CN1C(=O)NC2(CCCCC2)C1=O. The molecule has 2 heterocycles. The summed E-state index contributed by atoms with van der Waals surface area (Å²) in [5.74, 6) is -0.0574. The van der Waals surface area contributed by atoms with Gasteiger partial charge >= 0.3 is 6.03 Å². The molecule has 3 amide bonds. The molecule has 0 radical (unpaired) electrons. The molecule has 1 spiro atoms. The fourth-order valence-corrected chi connectivity index (χ4v) is 4.79. The largest absolute Gasteiger partial charge is 0.329 e. The Morgan fingerprint density at radius 1 is 1.33 bits per heavy atom. The number of halogens is 1.